The van der Waals surface area contributed by atoms with Crippen molar-refractivity contribution in [2.24, 2.45) is 5.73 Å². The van der Waals surface area contributed by atoms with Crippen molar-refractivity contribution in [3.05, 3.63) is 34.9 Å². The van der Waals surface area contributed by atoms with Crippen LogP contribution in [0.4, 0.5) is 0 Å². The van der Waals surface area contributed by atoms with Gasteiger partial charge in [-0.05, 0) is 49.6 Å². The fraction of sp³-hybridized carbons (Fsp3) is 0.533. The van der Waals surface area contributed by atoms with E-state index in [4.69, 9.17) is 10.5 Å². The van der Waals surface area contributed by atoms with Gasteiger partial charge in [0.25, 0.3) is 0 Å². The monoisotopic (exact) mass is 281 g/mol. The van der Waals surface area contributed by atoms with E-state index in [9.17, 15) is 4.79 Å². The number of carbonyl (C=O) groups excluding carboxylic acids is 1. The van der Waals surface area contributed by atoms with Gasteiger partial charge in [0.05, 0.1) is 6.61 Å². The second-order valence-electron chi connectivity index (χ2n) is 4.62. The second kappa shape index (κ2) is 8.23. The molecule has 0 saturated carbocycles. The van der Waals surface area contributed by atoms with Crippen molar-refractivity contribution in [2.75, 3.05) is 12.4 Å². The molecule has 4 heteroatoms. The molecule has 106 valence electrons. The van der Waals surface area contributed by atoms with Crippen molar-refractivity contribution in [1.29, 1.82) is 0 Å². The minimum atomic E-state index is -0.493. The summed E-state index contributed by atoms with van der Waals surface area (Å²) in [5.41, 5.74) is 9.69. The zero-order valence-electron chi connectivity index (χ0n) is 11.9. The lowest BCUT2D eigenvalue weighted by atomic mass is 10.1. The number of aryl methyl sites for hydroxylation is 2. The molecule has 2 N–H and O–H groups in total. The summed E-state index contributed by atoms with van der Waals surface area (Å²) in [6.45, 7) is 6.42. The fourth-order valence-corrected chi connectivity index (χ4v) is 2.64. The number of nitrogens with two attached hydrogens (primary N) is 1. The molecule has 1 rings (SSSR count). The molecule has 0 fully saturated rings. The molecule has 19 heavy (non-hydrogen) atoms. The van der Waals surface area contributed by atoms with Crippen LogP contribution in [0.1, 0.15) is 30.0 Å². The third kappa shape index (κ3) is 5.66. The van der Waals surface area contributed by atoms with Crippen LogP contribution in [0.2, 0.25) is 0 Å². The van der Waals surface area contributed by atoms with E-state index in [1.165, 1.54) is 16.7 Å². The molecular weight excluding hydrogens is 258 g/mol. The number of hydrogen-bond acceptors (Lipinski definition) is 4. The molecule has 0 aliphatic carbocycles. The van der Waals surface area contributed by atoms with E-state index in [1.807, 2.05) is 0 Å². The molecule has 0 amide bonds. The van der Waals surface area contributed by atoms with Crippen LogP contribution in [0.5, 0.6) is 0 Å². The van der Waals surface area contributed by atoms with Gasteiger partial charge in [0.2, 0.25) is 0 Å². The van der Waals surface area contributed by atoms with Crippen molar-refractivity contribution < 1.29 is 9.53 Å². The Kier molecular flexibility index (Phi) is 6.95. The molecule has 1 aromatic carbocycles. The van der Waals surface area contributed by atoms with Gasteiger partial charge in [-0.3, -0.25) is 4.79 Å². The van der Waals surface area contributed by atoms with Crippen LogP contribution in [0.25, 0.3) is 0 Å². The maximum absolute atomic E-state index is 11.3. The minimum absolute atomic E-state index is 0.297. The average Bonchev–Trinajstić information content (AvgIpc) is 2.38. The highest BCUT2D eigenvalue weighted by Crippen LogP contribution is 2.17. The Bertz CT molecular complexity index is 421. The number of hydrogen-bond donors (Lipinski definition) is 1. The Balaban J connectivity index is 2.27. The van der Waals surface area contributed by atoms with Crippen LogP contribution in [0.3, 0.4) is 0 Å². The molecule has 3 nitrogen and oxygen atoms in total. The first kappa shape index (κ1) is 16.1. The summed E-state index contributed by atoms with van der Waals surface area (Å²) < 4.78 is 4.87. The third-order valence-corrected chi connectivity index (χ3v) is 4.06. The standard InChI is InChI=1S/C15H23NO2S/c1-4-18-15(17)14(16)7-8-19-10-13-6-5-11(2)12(3)9-13/h5-6,9,14H,4,7-8,10,16H2,1-3H3. The smallest absolute Gasteiger partial charge is 0.322 e. The molecular formula is C15H23NO2S. The number of thioether (sulfide) groups is 1. The topological polar surface area (TPSA) is 52.3 Å². The van der Waals surface area contributed by atoms with E-state index in [1.54, 1.807) is 18.7 Å². The summed E-state index contributed by atoms with van der Waals surface area (Å²) in [6, 6.07) is 6.02. The fourth-order valence-electron chi connectivity index (χ4n) is 1.66. The summed E-state index contributed by atoms with van der Waals surface area (Å²) in [7, 11) is 0. The van der Waals surface area contributed by atoms with Crippen LogP contribution in [0.15, 0.2) is 18.2 Å². The number of rotatable bonds is 7. The van der Waals surface area contributed by atoms with Gasteiger partial charge in [0.15, 0.2) is 0 Å². The van der Waals surface area contributed by atoms with Crippen LogP contribution in [0, 0.1) is 13.8 Å². The Morgan fingerprint density at radius 1 is 1.37 bits per heavy atom. The summed E-state index contributed by atoms with van der Waals surface area (Å²) in [5, 5.41) is 0. The Hall–Kier alpha value is -1.00. The molecule has 1 unspecified atom stereocenters. The second-order valence-corrected chi connectivity index (χ2v) is 5.72. The van der Waals surface area contributed by atoms with Crippen LogP contribution in [-0.2, 0) is 15.3 Å². The van der Waals surface area contributed by atoms with Crippen molar-refractivity contribution in [1.82, 2.24) is 0 Å². The van der Waals surface area contributed by atoms with Crippen molar-refractivity contribution in [3.8, 4) is 0 Å². The van der Waals surface area contributed by atoms with E-state index in [-0.39, 0.29) is 5.97 Å². The SMILES string of the molecule is CCOC(=O)C(N)CCSCc1ccc(C)c(C)c1. The molecule has 0 aliphatic heterocycles. The van der Waals surface area contributed by atoms with Gasteiger partial charge in [0.1, 0.15) is 6.04 Å². The zero-order valence-corrected chi connectivity index (χ0v) is 12.8. The summed E-state index contributed by atoms with van der Waals surface area (Å²) in [5.74, 6) is 1.53. The third-order valence-electron chi connectivity index (χ3n) is 3.00. The van der Waals surface area contributed by atoms with Gasteiger partial charge >= 0.3 is 5.97 Å². The summed E-state index contributed by atoms with van der Waals surface area (Å²) >= 11 is 1.80. The lowest BCUT2D eigenvalue weighted by molar-refractivity contribution is -0.144. The molecule has 1 aromatic rings. The lowest BCUT2D eigenvalue weighted by Crippen LogP contribution is -2.32. The van der Waals surface area contributed by atoms with Gasteiger partial charge in [-0.25, -0.2) is 0 Å². The van der Waals surface area contributed by atoms with Crippen LogP contribution < -0.4 is 5.73 Å². The Labute approximate surface area is 119 Å². The molecule has 0 heterocycles. The summed E-state index contributed by atoms with van der Waals surface area (Å²) in [6.07, 6.45) is 0.661. The number of benzene rings is 1. The summed E-state index contributed by atoms with van der Waals surface area (Å²) in [4.78, 5) is 11.3. The first-order valence-corrected chi connectivity index (χ1v) is 7.76. The largest absolute Gasteiger partial charge is 0.465 e. The van der Waals surface area contributed by atoms with Gasteiger partial charge in [0, 0.05) is 5.75 Å². The van der Waals surface area contributed by atoms with Crippen molar-refractivity contribution in [3.63, 3.8) is 0 Å². The molecule has 0 spiro atoms. The minimum Gasteiger partial charge on any atom is -0.465 e. The maximum atomic E-state index is 11.3. The quantitative estimate of drug-likeness (QED) is 0.617. The lowest BCUT2D eigenvalue weighted by Gasteiger charge is -2.10. The van der Waals surface area contributed by atoms with Crippen LogP contribution in [-0.4, -0.2) is 24.4 Å². The predicted molar refractivity (Wildman–Crippen MR) is 81.3 cm³/mol. The van der Waals surface area contributed by atoms with E-state index in [0.29, 0.717) is 13.0 Å². The predicted octanol–water partition coefficient (Wildman–Crippen LogP) is 2.82. The normalized spacial score (nSPS) is 12.2. The van der Waals surface area contributed by atoms with Gasteiger partial charge in [-0.2, -0.15) is 11.8 Å². The van der Waals surface area contributed by atoms with Crippen molar-refractivity contribution in [2.45, 2.75) is 39.0 Å². The number of carbonyl (C=O) groups is 1. The molecule has 0 aliphatic rings. The van der Waals surface area contributed by atoms with Crippen LogP contribution >= 0.6 is 11.8 Å². The van der Waals surface area contributed by atoms with Gasteiger partial charge in [-0.15, -0.1) is 0 Å². The highest BCUT2D eigenvalue weighted by molar-refractivity contribution is 7.98. The van der Waals surface area contributed by atoms with E-state index in [0.717, 1.165) is 11.5 Å². The van der Waals surface area contributed by atoms with E-state index in [2.05, 4.69) is 32.0 Å². The molecule has 0 saturated heterocycles. The number of esters is 1. The highest BCUT2D eigenvalue weighted by atomic mass is 32.2. The van der Waals surface area contributed by atoms with Gasteiger partial charge < -0.3 is 10.5 Å². The molecule has 1 atom stereocenters. The molecule has 0 bridgehead atoms. The molecule has 0 radical (unpaired) electrons. The van der Waals surface area contributed by atoms with Gasteiger partial charge in [-0.1, -0.05) is 18.2 Å². The van der Waals surface area contributed by atoms with Crippen molar-refractivity contribution >= 4 is 17.7 Å². The zero-order chi connectivity index (χ0) is 14.3. The number of ether oxygens (including phenoxy) is 1. The van der Waals surface area contributed by atoms with E-state index < -0.39 is 6.04 Å². The van der Waals surface area contributed by atoms with E-state index >= 15 is 0 Å². The Morgan fingerprint density at radius 3 is 2.74 bits per heavy atom. The highest BCUT2D eigenvalue weighted by Gasteiger charge is 2.13. The maximum Gasteiger partial charge on any atom is 0.322 e. The Morgan fingerprint density at radius 2 is 2.11 bits per heavy atom. The molecule has 0 aromatic heterocycles. The first-order chi connectivity index (χ1) is 9.04. The average molecular weight is 281 g/mol. The first-order valence-electron chi connectivity index (χ1n) is 6.60.